The van der Waals surface area contributed by atoms with Crippen molar-refractivity contribution in [1.29, 1.82) is 0 Å². The molecule has 10 nitrogen and oxygen atoms in total. The molecule has 0 amide bonds. The van der Waals surface area contributed by atoms with Crippen LogP contribution in [0.1, 0.15) is 229 Å². The summed E-state index contributed by atoms with van der Waals surface area (Å²) in [5, 5.41) is 2.80. The zero-order valence-electron chi connectivity index (χ0n) is 54.5. The third kappa shape index (κ3) is 35.3. The largest absolute Gasteiger partial charge is 0.261 e. The summed E-state index contributed by atoms with van der Waals surface area (Å²) in [6.45, 7) is 37.1. The number of nitrogens with zero attached hydrogens (tertiary/aromatic N) is 10. The third-order valence-corrected chi connectivity index (χ3v) is 12.7. The minimum atomic E-state index is -0.274. The number of hydrogen-bond acceptors (Lipinski definition) is 10. The minimum Gasteiger partial charge on any atom is -0.261 e. The van der Waals surface area contributed by atoms with Gasteiger partial charge in [0.1, 0.15) is 28.4 Å². The fraction of sp³-hybridized carbons (Fsp3) is 0.380. The maximum absolute atomic E-state index is 12.8. The van der Waals surface area contributed by atoms with Crippen LogP contribution < -0.4 is 0 Å². The van der Waals surface area contributed by atoms with E-state index < -0.39 is 0 Å². The summed E-state index contributed by atoms with van der Waals surface area (Å²) in [6.07, 6.45) is 14.9. The molecule has 0 spiro atoms. The first-order valence-corrected chi connectivity index (χ1v) is 31.0. The SMILES string of the molecule is CC(C)c1cc(Cl)ccn1.CC(C)c1cc(F)ccn1.CC(C)c1ccc(Cl)cn1.CC(C)c1ccc(F)cn1.CC(C)c1cccc(Cl)n1.CC(C)c1ccccn1.CC(C)c1ncccc1Cl.CC(C)c1ncccc1F.CC(C)c1ncccn1. The molecule has 0 radical (unpaired) electrons. The van der Waals surface area contributed by atoms with Gasteiger partial charge in [-0.05, 0) is 150 Å². The van der Waals surface area contributed by atoms with Gasteiger partial charge in [-0.15, -0.1) is 0 Å². The van der Waals surface area contributed by atoms with E-state index in [0.717, 1.165) is 55.7 Å². The molecule has 88 heavy (non-hydrogen) atoms. The highest BCUT2D eigenvalue weighted by Gasteiger charge is 2.07. The van der Waals surface area contributed by atoms with Crippen LogP contribution in [0.5, 0.6) is 0 Å². The number of halogens is 7. The average Bonchev–Trinajstić information content (AvgIpc) is 3.52. The van der Waals surface area contributed by atoms with Crippen molar-refractivity contribution >= 4 is 46.4 Å². The van der Waals surface area contributed by atoms with Crippen molar-refractivity contribution in [2.75, 3.05) is 0 Å². The Kier molecular flexibility index (Phi) is 40.2. The normalized spacial score (nSPS) is 10.3. The number of pyridine rings is 8. The summed E-state index contributed by atoms with van der Waals surface area (Å²) in [7, 11) is 0. The second kappa shape index (κ2) is 44.6. The van der Waals surface area contributed by atoms with E-state index in [1.54, 1.807) is 61.4 Å². The maximum atomic E-state index is 12.8. The first-order valence-electron chi connectivity index (χ1n) is 29.5. The lowest BCUT2D eigenvalue weighted by Crippen LogP contribution is -1.95. The highest BCUT2D eigenvalue weighted by molar-refractivity contribution is 6.31. The molecule has 9 aromatic heterocycles. The van der Waals surface area contributed by atoms with E-state index in [4.69, 9.17) is 46.4 Å². The van der Waals surface area contributed by atoms with Crippen molar-refractivity contribution in [2.45, 2.75) is 178 Å². The molecule has 9 heterocycles. The molecular weight excluding hydrogens is 1190 g/mol. The maximum Gasteiger partial charge on any atom is 0.144 e. The molecule has 0 unspecified atom stereocenters. The average molecular weight is 1280 g/mol. The van der Waals surface area contributed by atoms with Gasteiger partial charge in [0.05, 0.1) is 27.6 Å². The lowest BCUT2D eigenvalue weighted by molar-refractivity contribution is 0.584. The van der Waals surface area contributed by atoms with Gasteiger partial charge in [-0.1, -0.05) is 183 Å². The number of rotatable bonds is 9. The van der Waals surface area contributed by atoms with Crippen molar-refractivity contribution in [3.63, 3.8) is 0 Å². The highest BCUT2D eigenvalue weighted by Crippen LogP contribution is 2.21. The van der Waals surface area contributed by atoms with Crippen LogP contribution in [-0.2, 0) is 0 Å². The van der Waals surface area contributed by atoms with Crippen molar-refractivity contribution in [3.05, 3.63) is 260 Å². The molecule has 0 fully saturated rings. The van der Waals surface area contributed by atoms with Crippen molar-refractivity contribution in [2.24, 2.45) is 0 Å². The second-order valence-corrected chi connectivity index (χ2v) is 24.1. The Labute approximate surface area is 544 Å². The van der Waals surface area contributed by atoms with E-state index >= 15 is 0 Å². The van der Waals surface area contributed by atoms with E-state index in [-0.39, 0.29) is 23.4 Å². The summed E-state index contributed by atoms with van der Waals surface area (Å²) in [6, 6.07) is 33.7. The Morgan fingerprint density at radius 2 is 0.761 bits per heavy atom. The Hall–Kier alpha value is -6.77. The van der Waals surface area contributed by atoms with Gasteiger partial charge in [0.2, 0.25) is 0 Å². The van der Waals surface area contributed by atoms with Crippen molar-refractivity contribution in [1.82, 2.24) is 49.8 Å². The van der Waals surface area contributed by atoms with Gasteiger partial charge in [-0.25, -0.2) is 28.1 Å². The summed E-state index contributed by atoms with van der Waals surface area (Å²) < 4.78 is 37.6. The van der Waals surface area contributed by atoms with Crippen LogP contribution in [0.3, 0.4) is 0 Å². The quantitative estimate of drug-likeness (QED) is 0.129. The molecule has 0 atom stereocenters. The molecule has 0 N–H and O–H groups in total. The molecule has 9 aromatic rings. The van der Waals surface area contributed by atoms with Crippen LogP contribution >= 0.6 is 46.4 Å². The fourth-order valence-electron chi connectivity index (χ4n) is 6.65. The zero-order chi connectivity index (χ0) is 66.3. The van der Waals surface area contributed by atoms with Gasteiger partial charge in [0.25, 0.3) is 0 Å². The summed E-state index contributed by atoms with van der Waals surface area (Å²) in [5.41, 5.74) is 7.61. The topological polar surface area (TPSA) is 129 Å². The smallest absolute Gasteiger partial charge is 0.144 e. The van der Waals surface area contributed by atoms with Gasteiger partial charge < -0.3 is 0 Å². The molecule has 17 heteroatoms. The molecule has 0 aliphatic heterocycles. The Bertz CT molecular complexity index is 2970. The predicted molar refractivity (Wildman–Crippen MR) is 363 cm³/mol. The predicted octanol–water partition coefficient (Wildman–Crippen LogP) is 22.3. The Morgan fingerprint density at radius 3 is 1.11 bits per heavy atom. The molecule has 0 aliphatic rings. The molecule has 0 aromatic carbocycles. The Balaban J connectivity index is 0.000000495. The molecule has 474 valence electrons. The van der Waals surface area contributed by atoms with Crippen LogP contribution in [0.2, 0.25) is 20.2 Å². The molecule has 0 bridgehead atoms. The Morgan fingerprint density at radius 1 is 0.295 bits per heavy atom. The van der Waals surface area contributed by atoms with E-state index in [0.29, 0.717) is 63.2 Å². The van der Waals surface area contributed by atoms with E-state index in [1.165, 1.54) is 36.7 Å². The molecular formula is C71H91Cl4F3N10. The van der Waals surface area contributed by atoms with Gasteiger partial charge in [-0.2, -0.15) is 0 Å². The first-order chi connectivity index (χ1) is 41.5. The molecule has 0 saturated heterocycles. The van der Waals surface area contributed by atoms with Crippen LogP contribution in [0.15, 0.2) is 171 Å². The zero-order valence-corrected chi connectivity index (χ0v) is 57.5. The van der Waals surface area contributed by atoms with E-state index in [9.17, 15) is 13.2 Å². The van der Waals surface area contributed by atoms with Crippen molar-refractivity contribution in [3.8, 4) is 0 Å². The molecule has 0 aliphatic carbocycles. The van der Waals surface area contributed by atoms with Gasteiger partial charge in [0, 0.05) is 94.7 Å². The number of hydrogen-bond donors (Lipinski definition) is 0. The highest BCUT2D eigenvalue weighted by atomic mass is 35.5. The lowest BCUT2D eigenvalue weighted by atomic mass is 10.1. The van der Waals surface area contributed by atoms with Crippen LogP contribution in [0.4, 0.5) is 13.2 Å². The fourth-order valence-corrected chi connectivity index (χ4v) is 7.44. The van der Waals surface area contributed by atoms with Crippen LogP contribution in [0, 0.1) is 17.5 Å². The minimum absolute atomic E-state index is 0.168. The molecule has 0 saturated carbocycles. The first kappa shape index (κ1) is 79.2. The monoisotopic (exact) mass is 1280 g/mol. The van der Waals surface area contributed by atoms with Crippen molar-refractivity contribution < 1.29 is 13.2 Å². The number of aromatic nitrogens is 10. The van der Waals surface area contributed by atoms with E-state index in [2.05, 4.69) is 133 Å². The molecule has 9 rings (SSSR count). The second-order valence-electron chi connectivity index (χ2n) is 22.5. The van der Waals surface area contributed by atoms with Gasteiger partial charge >= 0.3 is 0 Å². The van der Waals surface area contributed by atoms with E-state index in [1.807, 2.05) is 114 Å². The lowest BCUT2D eigenvalue weighted by Gasteiger charge is -2.04. The van der Waals surface area contributed by atoms with Crippen LogP contribution in [-0.4, -0.2) is 49.8 Å². The van der Waals surface area contributed by atoms with Crippen LogP contribution in [0.25, 0.3) is 0 Å². The van der Waals surface area contributed by atoms with Gasteiger partial charge in [-0.3, -0.25) is 34.9 Å². The summed E-state index contributed by atoms with van der Waals surface area (Å²) in [4.78, 5) is 40.7. The summed E-state index contributed by atoms with van der Waals surface area (Å²) >= 11 is 22.9. The van der Waals surface area contributed by atoms with Gasteiger partial charge in [0.15, 0.2) is 0 Å². The summed E-state index contributed by atoms with van der Waals surface area (Å²) in [5.74, 6) is 3.86. The third-order valence-electron chi connectivity index (χ3n) is 11.7. The standard InChI is InChI=1S/4C8H10ClN.3C8H10FN.C8H11N.C7H10N2/c1-6(2)8-5-7(9)3-4-10-8;1-6(2)8-4-3-7(9)5-10-8;1-6(2)8-7(9)4-3-5-10-8;1-6(2)7-4-3-5-8(9)10-7;1-6(2)8-5-7(9)3-4-10-8;1-6(2)8-4-3-7(9)5-10-8;1-6(2)8-7(9)4-3-5-10-8;1-7(2)8-5-3-4-6-9-8;1-6(2)7-8-4-3-5-9-7/h7*3-6H,1-2H3;3-7H,1-2H3;3-6H,1-2H3.